The van der Waals surface area contributed by atoms with Crippen molar-refractivity contribution in [3.05, 3.63) is 36.0 Å². The highest BCUT2D eigenvalue weighted by Crippen LogP contribution is 2.73. The van der Waals surface area contributed by atoms with Gasteiger partial charge in [-0.15, -0.1) is 0 Å². The summed E-state index contributed by atoms with van der Waals surface area (Å²) in [5.41, 5.74) is -3.09. The summed E-state index contributed by atoms with van der Waals surface area (Å²) in [7, 11) is 0. The molecule has 96 valence electrons. The quantitative estimate of drug-likeness (QED) is 0.642. The smallest absolute Gasteiger partial charge is 0.148 e. The largest absolute Gasteiger partial charge is 0.238 e. The molecule has 2 heteroatoms. The minimum atomic E-state index is -1.53. The van der Waals surface area contributed by atoms with Gasteiger partial charge in [-0.1, -0.05) is 52.5 Å². The zero-order valence-corrected chi connectivity index (χ0v) is 11.4. The van der Waals surface area contributed by atoms with E-state index in [1.807, 2.05) is 20.8 Å². The Hall–Kier alpha value is -0.920. The minimum Gasteiger partial charge on any atom is -0.238 e. The monoisotopic (exact) mass is 240 g/mol. The zero-order chi connectivity index (χ0) is 13.5. The van der Waals surface area contributed by atoms with Crippen LogP contribution in [0.5, 0.6) is 0 Å². The number of hydrogen-bond acceptors (Lipinski definition) is 0. The van der Waals surface area contributed by atoms with Crippen LogP contribution in [-0.2, 0) is 0 Å². The van der Waals surface area contributed by atoms with Crippen molar-refractivity contribution in [3.8, 4) is 0 Å². The highest BCUT2D eigenvalue weighted by Gasteiger charge is 2.78. The maximum absolute atomic E-state index is 14.6. The minimum absolute atomic E-state index is 0.0476. The predicted molar refractivity (Wildman–Crippen MR) is 69.5 cm³/mol. The molecule has 0 heterocycles. The van der Waals surface area contributed by atoms with E-state index in [0.29, 0.717) is 11.1 Å². The van der Waals surface area contributed by atoms with E-state index in [9.17, 15) is 8.78 Å². The van der Waals surface area contributed by atoms with Gasteiger partial charge in [-0.25, -0.2) is 8.78 Å². The lowest BCUT2D eigenvalue weighted by atomic mass is 9.54. The summed E-state index contributed by atoms with van der Waals surface area (Å²) in [4.78, 5) is 0. The van der Waals surface area contributed by atoms with Gasteiger partial charge in [0.1, 0.15) is 11.3 Å². The molecule has 0 aliphatic heterocycles. The van der Waals surface area contributed by atoms with Crippen LogP contribution in [0.15, 0.2) is 36.0 Å². The number of rotatable bonds is 2. The molecule has 1 fully saturated rings. The highest BCUT2D eigenvalue weighted by molar-refractivity contribution is 5.61. The molecule has 0 spiro atoms. The average Bonchev–Trinajstić information content (AvgIpc) is 2.60. The van der Waals surface area contributed by atoms with Gasteiger partial charge < -0.3 is 0 Å². The number of hydrogen-bond donors (Lipinski definition) is 0. The van der Waals surface area contributed by atoms with E-state index < -0.39 is 16.8 Å². The van der Waals surface area contributed by atoms with E-state index in [0.717, 1.165) is 0 Å². The van der Waals surface area contributed by atoms with Crippen molar-refractivity contribution >= 4 is 0 Å². The standard InChI is InChI=1S/C13H16F2.C2H6/c1-5-7-10-9(6-2)12(14)8-13(10,15)11(12,3)4;1-2/h5-7H,2,8H2,1,3-4H3;1-2H3/b7-5-;. The van der Waals surface area contributed by atoms with Crippen molar-refractivity contribution in [1.29, 1.82) is 0 Å². The van der Waals surface area contributed by atoms with Crippen molar-refractivity contribution in [3.63, 3.8) is 0 Å². The van der Waals surface area contributed by atoms with Crippen LogP contribution < -0.4 is 0 Å². The molecule has 0 radical (unpaired) electrons. The Morgan fingerprint density at radius 1 is 1.12 bits per heavy atom. The molecular weight excluding hydrogens is 218 g/mol. The predicted octanol–water partition coefficient (Wildman–Crippen LogP) is 4.93. The van der Waals surface area contributed by atoms with Gasteiger partial charge in [0, 0.05) is 11.8 Å². The van der Waals surface area contributed by atoms with Crippen molar-refractivity contribution in [2.24, 2.45) is 5.41 Å². The maximum Gasteiger partial charge on any atom is 0.148 e. The second-order valence-electron chi connectivity index (χ2n) is 4.94. The van der Waals surface area contributed by atoms with Gasteiger partial charge >= 0.3 is 0 Å². The molecule has 0 N–H and O–H groups in total. The fourth-order valence-corrected chi connectivity index (χ4v) is 2.94. The van der Waals surface area contributed by atoms with Crippen molar-refractivity contribution in [2.75, 3.05) is 0 Å². The lowest BCUT2D eigenvalue weighted by molar-refractivity contribution is -0.151. The van der Waals surface area contributed by atoms with Gasteiger partial charge in [-0.05, 0) is 18.1 Å². The van der Waals surface area contributed by atoms with E-state index in [4.69, 9.17) is 0 Å². The molecule has 2 bridgehead atoms. The molecule has 0 saturated heterocycles. The van der Waals surface area contributed by atoms with Crippen molar-refractivity contribution in [2.45, 2.75) is 52.4 Å². The Balaban J connectivity index is 0.000000686. The first-order valence-corrected chi connectivity index (χ1v) is 6.23. The molecule has 0 aromatic rings. The van der Waals surface area contributed by atoms with Crippen LogP contribution in [0.2, 0.25) is 0 Å². The van der Waals surface area contributed by atoms with Gasteiger partial charge in [0.05, 0.1) is 0 Å². The Morgan fingerprint density at radius 2 is 1.59 bits per heavy atom. The van der Waals surface area contributed by atoms with E-state index in [1.54, 1.807) is 26.0 Å². The first kappa shape index (κ1) is 14.1. The first-order valence-electron chi connectivity index (χ1n) is 6.23. The number of alkyl halides is 2. The van der Waals surface area contributed by atoms with Crippen LogP contribution in [0.1, 0.15) is 41.0 Å². The van der Waals surface area contributed by atoms with Gasteiger partial charge in [-0.2, -0.15) is 0 Å². The molecule has 3 aliphatic carbocycles. The molecule has 2 atom stereocenters. The van der Waals surface area contributed by atoms with Crippen LogP contribution in [0.25, 0.3) is 0 Å². The number of allylic oxidation sites excluding steroid dienone is 5. The third-order valence-electron chi connectivity index (χ3n) is 4.15. The van der Waals surface area contributed by atoms with Gasteiger partial charge in [0.2, 0.25) is 0 Å². The Morgan fingerprint density at radius 3 is 1.94 bits per heavy atom. The van der Waals surface area contributed by atoms with Crippen molar-refractivity contribution < 1.29 is 8.78 Å². The van der Waals surface area contributed by atoms with E-state index in [2.05, 4.69) is 6.58 Å². The fourth-order valence-electron chi connectivity index (χ4n) is 2.94. The van der Waals surface area contributed by atoms with Crippen LogP contribution in [0.4, 0.5) is 8.78 Å². The van der Waals surface area contributed by atoms with Gasteiger partial charge in [0.25, 0.3) is 0 Å². The summed E-state index contributed by atoms with van der Waals surface area (Å²) in [6.45, 7) is 12.7. The average molecular weight is 240 g/mol. The SMILES string of the molecule is C=CC1=C(/C=C\C)C2(F)CC1(F)C2(C)C.CC. The lowest BCUT2D eigenvalue weighted by Gasteiger charge is -2.54. The van der Waals surface area contributed by atoms with Gasteiger partial charge in [-0.3, -0.25) is 0 Å². The lowest BCUT2D eigenvalue weighted by Crippen LogP contribution is -2.63. The summed E-state index contributed by atoms with van der Waals surface area (Å²) in [5.74, 6) is 0. The first-order chi connectivity index (χ1) is 7.85. The molecule has 0 nitrogen and oxygen atoms in total. The van der Waals surface area contributed by atoms with E-state index in [-0.39, 0.29) is 6.42 Å². The Kier molecular flexibility index (Phi) is 3.39. The topological polar surface area (TPSA) is 0 Å². The highest BCUT2D eigenvalue weighted by atomic mass is 19.2. The van der Waals surface area contributed by atoms with Crippen LogP contribution >= 0.6 is 0 Å². The summed E-state index contributed by atoms with van der Waals surface area (Å²) in [5, 5.41) is 0. The van der Waals surface area contributed by atoms with E-state index in [1.165, 1.54) is 6.08 Å². The molecule has 3 aliphatic rings. The molecule has 0 aromatic carbocycles. The molecule has 1 saturated carbocycles. The molecule has 2 unspecified atom stereocenters. The molecule has 0 aromatic heterocycles. The summed E-state index contributed by atoms with van der Waals surface area (Å²) in [6.07, 6.45) is 4.84. The van der Waals surface area contributed by atoms with Crippen LogP contribution in [-0.4, -0.2) is 11.3 Å². The summed E-state index contributed by atoms with van der Waals surface area (Å²) >= 11 is 0. The fraction of sp³-hybridized carbons (Fsp3) is 0.600. The third-order valence-corrected chi connectivity index (χ3v) is 4.15. The normalized spacial score (nSPS) is 37.6. The van der Waals surface area contributed by atoms with Gasteiger partial charge in [0.15, 0.2) is 0 Å². The molecule has 3 rings (SSSR count). The summed E-state index contributed by atoms with van der Waals surface area (Å²) in [6, 6.07) is 0. The zero-order valence-electron chi connectivity index (χ0n) is 11.4. The van der Waals surface area contributed by atoms with Crippen LogP contribution in [0, 0.1) is 5.41 Å². The third kappa shape index (κ3) is 1.33. The molecule has 17 heavy (non-hydrogen) atoms. The Bertz CT molecular complexity index is 390. The second-order valence-corrected chi connectivity index (χ2v) is 4.94. The van der Waals surface area contributed by atoms with Crippen LogP contribution in [0.3, 0.4) is 0 Å². The van der Waals surface area contributed by atoms with E-state index >= 15 is 0 Å². The second kappa shape index (κ2) is 4.08. The molecule has 0 amide bonds. The molecular formula is C15H22F2. The Labute approximate surface area is 103 Å². The summed E-state index contributed by atoms with van der Waals surface area (Å²) < 4.78 is 29.1. The maximum atomic E-state index is 14.6. The number of halogens is 2. The van der Waals surface area contributed by atoms with Crippen molar-refractivity contribution in [1.82, 2.24) is 0 Å².